The Morgan fingerprint density at radius 1 is 1.47 bits per heavy atom. The predicted octanol–water partition coefficient (Wildman–Crippen LogP) is 3.22. The molecule has 3 heteroatoms. The summed E-state index contributed by atoms with van der Waals surface area (Å²) in [5, 5.41) is 0.649. The summed E-state index contributed by atoms with van der Waals surface area (Å²) < 4.78 is 4.70. The Kier molecular flexibility index (Phi) is 3.92. The topological polar surface area (TPSA) is 26.3 Å². The fraction of sp³-hybridized carbons (Fsp3) is 0.250. The van der Waals surface area contributed by atoms with E-state index in [9.17, 15) is 4.79 Å². The summed E-state index contributed by atoms with van der Waals surface area (Å²) in [4.78, 5) is 11.5. The smallest absolute Gasteiger partial charge is 0.338 e. The maximum absolute atomic E-state index is 11.5. The second kappa shape index (κ2) is 4.99. The van der Waals surface area contributed by atoms with Crippen molar-refractivity contribution in [3.05, 3.63) is 40.4 Å². The molecular formula is C12H13ClO2. The lowest BCUT2D eigenvalue weighted by Gasteiger charge is -2.09. The van der Waals surface area contributed by atoms with Gasteiger partial charge in [-0.2, -0.15) is 0 Å². The highest BCUT2D eigenvalue weighted by Gasteiger charge is 2.14. The molecule has 1 rings (SSSR count). The lowest BCUT2D eigenvalue weighted by molar-refractivity contribution is -0.133. The van der Waals surface area contributed by atoms with E-state index < -0.39 is 0 Å². The zero-order chi connectivity index (χ0) is 11.4. The number of benzene rings is 1. The first kappa shape index (κ1) is 11.8. The number of halogens is 1. The van der Waals surface area contributed by atoms with Crippen molar-refractivity contribution in [3.8, 4) is 0 Å². The zero-order valence-corrected chi connectivity index (χ0v) is 9.76. The molecule has 0 heterocycles. The summed E-state index contributed by atoms with van der Waals surface area (Å²) in [6, 6.07) is 5.47. The van der Waals surface area contributed by atoms with Crippen LogP contribution in [0.3, 0.4) is 0 Å². The van der Waals surface area contributed by atoms with Gasteiger partial charge in [0.15, 0.2) is 0 Å². The monoisotopic (exact) mass is 224 g/mol. The Hall–Kier alpha value is -1.28. The first-order chi connectivity index (χ1) is 7.11. The van der Waals surface area contributed by atoms with Crippen molar-refractivity contribution < 1.29 is 9.53 Å². The van der Waals surface area contributed by atoms with E-state index in [0.29, 0.717) is 10.6 Å². The Bertz CT molecular complexity index is 408. The number of ether oxygens (including phenoxy) is 1. The highest BCUT2D eigenvalue weighted by Crippen LogP contribution is 2.25. The van der Waals surface area contributed by atoms with Crippen molar-refractivity contribution in [2.24, 2.45) is 0 Å². The molecule has 15 heavy (non-hydrogen) atoms. The Balaban J connectivity index is 3.26. The molecule has 0 fully saturated rings. The van der Waals surface area contributed by atoms with Gasteiger partial charge in [-0.25, -0.2) is 4.79 Å². The summed E-state index contributed by atoms with van der Waals surface area (Å²) in [5.74, 6) is -0.345. The Labute approximate surface area is 94.5 Å². The number of allylic oxidation sites excluding steroid dienone is 1. The minimum Gasteiger partial charge on any atom is -0.465 e. The number of carbonyl (C=O) groups excluding carboxylic acids is 1. The molecule has 0 unspecified atom stereocenters. The molecule has 0 atom stereocenters. The van der Waals surface area contributed by atoms with Gasteiger partial charge in [0, 0.05) is 5.02 Å². The molecule has 1 aromatic carbocycles. The van der Waals surface area contributed by atoms with Crippen LogP contribution >= 0.6 is 11.6 Å². The highest BCUT2D eigenvalue weighted by molar-refractivity contribution is 6.32. The quantitative estimate of drug-likeness (QED) is 0.570. The van der Waals surface area contributed by atoms with Gasteiger partial charge in [0.05, 0.1) is 12.7 Å². The third-order valence-corrected chi connectivity index (χ3v) is 2.66. The maximum Gasteiger partial charge on any atom is 0.338 e. The SMILES string of the molecule is CC=C(C(=O)OC)c1cccc(Cl)c1C. The van der Waals surface area contributed by atoms with Crippen LogP contribution in [-0.2, 0) is 9.53 Å². The average molecular weight is 225 g/mol. The largest absolute Gasteiger partial charge is 0.465 e. The van der Waals surface area contributed by atoms with Gasteiger partial charge in [-0.3, -0.25) is 0 Å². The fourth-order valence-electron chi connectivity index (χ4n) is 1.39. The van der Waals surface area contributed by atoms with Crippen LogP contribution in [0.1, 0.15) is 18.1 Å². The van der Waals surface area contributed by atoms with E-state index in [1.54, 1.807) is 19.1 Å². The predicted molar refractivity (Wildman–Crippen MR) is 61.9 cm³/mol. The van der Waals surface area contributed by atoms with Crippen molar-refractivity contribution in [1.82, 2.24) is 0 Å². The van der Waals surface area contributed by atoms with Crippen LogP contribution in [0.15, 0.2) is 24.3 Å². The van der Waals surface area contributed by atoms with Gasteiger partial charge in [-0.15, -0.1) is 0 Å². The molecule has 0 saturated carbocycles. The molecule has 0 aromatic heterocycles. The van der Waals surface area contributed by atoms with Crippen LogP contribution < -0.4 is 0 Å². The summed E-state index contributed by atoms with van der Waals surface area (Å²) >= 11 is 5.98. The van der Waals surface area contributed by atoms with Crippen LogP contribution in [0.5, 0.6) is 0 Å². The summed E-state index contributed by atoms with van der Waals surface area (Å²) in [6.45, 7) is 3.68. The fourth-order valence-corrected chi connectivity index (χ4v) is 1.57. The van der Waals surface area contributed by atoms with Crippen LogP contribution in [-0.4, -0.2) is 13.1 Å². The van der Waals surface area contributed by atoms with E-state index in [2.05, 4.69) is 0 Å². The van der Waals surface area contributed by atoms with E-state index >= 15 is 0 Å². The average Bonchev–Trinajstić information content (AvgIpc) is 2.24. The number of hydrogen-bond acceptors (Lipinski definition) is 2. The number of carbonyl (C=O) groups is 1. The third-order valence-electron chi connectivity index (χ3n) is 2.25. The number of esters is 1. The van der Waals surface area contributed by atoms with Crippen LogP contribution in [0.4, 0.5) is 0 Å². The van der Waals surface area contributed by atoms with E-state index in [0.717, 1.165) is 11.1 Å². The molecule has 0 saturated heterocycles. The van der Waals surface area contributed by atoms with Crippen LogP contribution in [0, 0.1) is 6.92 Å². The molecule has 80 valence electrons. The molecule has 0 aliphatic carbocycles. The van der Waals surface area contributed by atoms with Crippen molar-refractivity contribution in [2.75, 3.05) is 7.11 Å². The molecule has 0 aliphatic rings. The number of hydrogen-bond donors (Lipinski definition) is 0. The normalized spacial score (nSPS) is 11.3. The molecule has 1 aromatic rings. The summed E-state index contributed by atoms with van der Waals surface area (Å²) in [6.07, 6.45) is 1.73. The van der Waals surface area contributed by atoms with E-state index in [4.69, 9.17) is 16.3 Å². The van der Waals surface area contributed by atoms with Gasteiger partial charge in [-0.05, 0) is 31.0 Å². The Morgan fingerprint density at radius 2 is 2.13 bits per heavy atom. The molecule has 0 radical (unpaired) electrons. The molecule has 0 bridgehead atoms. The molecule has 0 aliphatic heterocycles. The first-order valence-electron chi connectivity index (χ1n) is 4.62. The van der Waals surface area contributed by atoms with E-state index in [-0.39, 0.29) is 5.97 Å². The molecular weight excluding hydrogens is 212 g/mol. The van der Waals surface area contributed by atoms with E-state index in [1.165, 1.54) is 7.11 Å². The van der Waals surface area contributed by atoms with Gasteiger partial charge in [0.2, 0.25) is 0 Å². The number of rotatable bonds is 2. The van der Waals surface area contributed by atoms with Crippen molar-refractivity contribution in [1.29, 1.82) is 0 Å². The van der Waals surface area contributed by atoms with Crippen molar-refractivity contribution in [2.45, 2.75) is 13.8 Å². The third kappa shape index (κ3) is 2.39. The molecule has 0 amide bonds. The minimum absolute atomic E-state index is 0.345. The van der Waals surface area contributed by atoms with Gasteiger partial charge >= 0.3 is 5.97 Å². The first-order valence-corrected chi connectivity index (χ1v) is 4.99. The standard InChI is InChI=1S/C12H13ClO2/c1-4-9(12(14)15-3)10-6-5-7-11(13)8(10)2/h4-7H,1-3H3. The second-order valence-electron chi connectivity index (χ2n) is 3.11. The van der Waals surface area contributed by atoms with Gasteiger partial charge in [-0.1, -0.05) is 29.8 Å². The lowest BCUT2D eigenvalue weighted by Crippen LogP contribution is -2.05. The molecule has 2 nitrogen and oxygen atoms in total. The lowest BCUT2D eigenvalue weighted by atomic mass is 10.0. The van der Waals surface area contributed by atoms with Gasteiger partial charge < -0.3 is 4.74 Å². The van der Waals surface area contributed by atoms with Gasteiger partial charge in [0.1, 0.15) is 0 Å². The molecule has 0 N–H and O–H groups in total. The minimum atomic E-state index is -0.345. The van der Waals surface area contributed by atoms with Crippen molar-refractivity contribution >= 4 is 23.1 Å². The summed E-state index contributed by atoms with van der Waals surface area (Å²) in [5.41, 5.74) is 2.24. The number of methoxy groups -OCH3 is 1. The Morgan fingerprint density at radius 3 is 2.67 bits per heavy atom. The van der Waals surface area contributed by atoms with Crippen LogP contribution in [0.2, 0.25) is 5.02 Å². The zero-order valence-electron chi connectivity index (χ0n) is 9.00. The van der Waals surface area contributed by atoms with E-state index in [1.807, 2.05) is 19.1 Å². The van der Waals surface area contributed by atoms with Crippen molar-refractivity contribution in [3.63, 3.8) is 0 Å². The van der Waals surface area contributed by atoms with Crippen LogP contribution in [0.25, 0.3) is 5.57 Å². The summed E-state index contributed by atoms with van der Waals surface area (Å²) in [7, 11) is 1.37. The maximum atomic E-state index is 11.5. The molecule has 0 spiro atoms. The highest BCUT2D eigenvalue weighted by atomic mass is 35.5. The van der Waals surface area contributed by atoms with Gasteiger partial charge in [0.25, 0.3) is 0 Å². The second-order valence-corrected chi connectivity index (χ2v) is 3.51.